The summed E-state index contributed by atoms with van der Waals surface area (Å²) in [6.07, 6.45) is 0. The van der Waals surface area contributed by atoms with Crippen molar-refractivity contribution in [1.82, 2.24) is 0 Å². The number of benzene rings is 2. The molecule has 6 heteroatoms. The van der Waals surface area contributed by atoms with Crippen molar-refractivity contribution >= 4 is 45.0 Å². The number of rotatable bonds is 4. The summed E-state index contributed by atoms with van der Waals surface area (Å²) in [6, 6.07) is 11.2. The first-order chi connectivity index (χ1) is 9.54. The van der Waals surface area contributed by atoms with Crippen LogP contribution in [0.2, 0.25) is 0 Å². The molecule has 0 aromatic heterocycles. The molecular formula is C14H12BrFN2OS. The van der Waals surface area contributed by atoms with E-state index in [9.17, 15) is 9.18 Å². The van der Waals surface area contributed by atoms with Gasteiger partial charge in [-0.2, -0.15) is 0 Å². The molecule has 2 aromatic rings. The molecule has 0 radical (unpaired) electrons. The molecule has 20 heavy (non-hydrogen) atoms. The Hall–Kier alpha value is -1.53. The number of anilines is 2. The number of hydrogen-bond acceptors (Lipinski definition) is 3. The third kappa shape index (κ3) is 4.25. The summed E-state index contributed by atoms with van der Waals surface area (Å²) in [4.78, 5) is 12.7. The average Bonchev–Trinajstić information content (AvgIpc) is 2.41. The summed E-state index contributed by atoms with van der Waals surface area (Å²) in [5.41, 5.74) is 6.92. The first-order valence-corrected chi connectivity index (χ1v) is 7.56. The highest BCUT2D eigenvalue weighted by Crippen LogP contribution is 2.25. The van der Waals surface area contributed by atoms with Crippen molar-refractivity contribution in [2.75, 3.05) is 16.8 Å². The van der Waals surface area contributed by atoms with Crippen molar-refractivity contribution in [3.05, 3.63) is 52.8 Å². The predicted molar refractivity (Wildman–Crippen MR) is 84.3 cm³/mol. The minimum atomic E-state index is -0.287. The summed E-state index contributed by atoms with van der Waals surface area (Å²) >= 11 is 4.68. The van der Waals surface area contributed by atoms with Gasteiger partial charge in [0.1, 0.15) is 5.82 Å². The second kappa shape index (κ2) is 6.76. The smallest absolute Gasteiger partial charge is 0.234 e. The Balaban J connectivity index is 1.90. The summed E-state index contributed by atoms with van der Waals surface area (Å²) in [5, 5.41) is 2.78. The highest BCUT2D eigenvalue weighted by Gasteiger charge is 2.06. The molecule has 0 atom stereocenters. The molecular weight excluding hydrogens is 343 g/mol. The third-order valence-corrected chi connectivity index (χ3v) is 4.12. The Morgan fingerprint density at radius 3 is 2.60 bits per heavy atom. The number of hydrogen-bond donors (Lipinski definition) is 2. The fraction of sp³-hybridized carbons (Fsp3) is 0.0714. The van der Waals surface area contributed by atoms with Crippen LogP contribution < -0.4 is 11.1 Å². The van der Waals surface area contributed by atoms with E-state index in [4.69, 9.17) is 5.73 Å². The molecule has 0 spiro atoms. The number of thioether (sulfide) groups is 1. The molecule has 0 fully saturated rings. The van der Waals surface area contributed by atoms with Gasteiger partial charge in [0.15, 0.2) is 0 Å². The van der Waals surface area contributed by atoms with Crippen LogP contribution in [-0.2, 0) is 4.79 Å². The van der Waals surface area contributed by atoms with Gasteiger partial charge in [0.05, 0.1) is 11.4 Å². The van der Waals surface area contributed by atoms with Crippen molar-refractivity contribution in [2.45, 2.75) is 4.90 Å². The van der Waals surface area contributed by atoms with Gasteiger partial charge in [0.25, 0.3) is 0 Å². The van der Waals surface area contributed by atoms with Gasteiger partial charge in [-0.15, -0.1) is 11.8 Å². The van der Waals surface area contributed by atoms with E-state index in [1.54, 1.807) is 30.3 Å². The molecule has 2 rings (SSSR count). The molecule has 104 valence electrons. The topological polar surface area (TPSA) is 55.1 Å². The van der Waals surface area contributed by atoms with Crippen molar-refractivity contribution in [3.63, 3.8) is 0 Å². The molecule has 0 saturated carbocycles. The van der Waals surface area contributed by atoms with Gasteiger partial charge in [-0.25, -0.2) is 4.39 Å². The van der Waals surface area contributed by atoms with E-state index in [0.717, 1.165) is 9.37 Å². The van der Waals surface area contributed by atoms with E-state index in [1.807, 2.05) is 0 Å². The van der Waals surface area contributed by atoms with Gasteiger partial charge in [-0.3, -0.25) is 4.79 Å². The molecule has 0 aliphatic carbocycles. The maximum absolute atomic E-state index is 12.7. The monoisotopic (exact) mass is 354 g/mol. The molecule has 2 aromatic carbocycles. The zero-order valence-corrected chi connectivity index (χ0v) is 12.8. The molecule has 0 saturated heterocycles. The molecule has 1 amide bonds. The molecule has 0 aliphatic rings. The van der Waals surface area contributed by atoms with Crippen LogP contribution in [0.15, 0.2) is 51.8 Å². The van der Waals surface area contributed by atoms with Crippen molar-refractivity contribution < 1.29 is 9.18 Å². The fourth-order valence-corrected chi connectivity index (χ4v) is 2.69. The second-order valence-electron chi connectivity index (χ2n) is 4.03. The van der Waals surface area contributed by atoms with E-state index in [0.29, 0.717) is 11.4 Å². The maximum Gasteiger partial charge on any atom is 0.234 e. The van der Waals surface area contributed by atoms with E-state index in [2.05, 4.69) is 21.2 Å². The minimum absolute atomic E-state index is 0.134. The Morgan fingerprint density at radius 1 is 1.25 bits per heavy atom. The van der Waals surface area contributed by atoms with Crippen LogP contribution in [0.1, 0.15) is 0 Å². The number of halogens is 2. The number of carbonyl (C=O) groups excluding carboxylic acids is 1. The van der Waals surface area contributed by atoms with Crippen LogP contribution in [0.25, 0.3) is 0 Å². The van der Waals surface area contributed by atoms with Crippen LogP contribution in [0.3, 0.4) is 0 Å². The zero-order valence-electron chi connectivity index (χ0n) is 10.4. The predicted octanol–water partition coefficient (Wildman–Crippen LogP) is 3.90. The van der Waals surface area contributed by atoms with Gasteiger partial charge in [-0.05, 0) is 58.4 Å². The van der Waals surface area contributed by atoms with Crippen LogP contribution in [0, 0.1) is 5.82 Å². The van der Waals surface area contributed by atoms with E-state index >= 15 is 0 Å². The lowest BCUT2D eigenvalue weighted by molar-refractivity contribution is -0.113. The van der Waals surface area contributed by atoms with E-state index in [1.165, 1.54) is 23.9 Å². The third-order valence-electron chi connectivity index (χ3n) is 2.45. The molecule has 3 N–H and O–H groups in total. The summed E-state index contributed by atoms with van der Waals surface area (Å²) in [5.74, 6) is -0.169. The van der Waals surface area contributed by atoms with E-state index < -0.39 is 0 Å². The van der Waals surface area contributed by atoms with Crippen LogP contribution in [0.5, 0.6) is 0 Å². The molecule has 0 heterocycles. The number of carbonyl (C=O) groups is 1. The largest absolute Gasteiger partial charge is 0.399 e. The first-order valence-electron chi connectivity index (χ1n) is 5.78. The van der Waals surface area contributed by atoms with Crippen LogP contribution >= 0.6 is 27.7 Å². The van der Waals surface area contributed by atoms with Crippen LogP contribution in [0.4, 0.5) is 15.8 Å². The maximum atomic E-state index is 12.7. The lowest BCUT2D eigenvalue weighted by atomic mass is 10.3. The van der Waals surface area contributed by atoms with E-state index in [-0.39, 0.29) is 17.5 Å². The zero-order chi connectivity index (χ0) is 14.5. The Morgan fingerprint density at radius 2 is 1.95 bits per heavy atom. The number of amides is 1. The summed E-state index contributed by atoms with van der Waals surface area (Å²) < 4.78 is 13.5. The van der Waals surface area contributed by atoms with Gasteiger partial charge in [0.2, 0.25) is 5.91 Å². The average molecular weight is 355 g/mol. The lowest BCUT2D eigenvalue weighted by Crippen LogP contribution is -2.14. The van der Waals surface area contributed by atoms with Crippen molar-refractivity contribution in [1.29, 1.82) is 0 Å². The number of nitrogens with one attached hydrogen (secondary N) is 1. The second-order valence-corrected chi connectivity index (χ2v) is 5.93. The van der Waals surface area contributed by atoms with Gasteiger partial charge >= 0.3 is 0 Å². The number of nitrogens with two attached hydrogens (primary N) is 1. The quantitative estimate of drug-likeness (QED) is 0.646. The Kier molecular flexibility index (Phi) is 5.03. The molecule has 0 aliphatic heterocycles. The number of nitrogen functional groups attached to an aromatic ring is 1. The minimum Gasteiger partial charge on any atom is -0.399 e. The van der Waals surface area contributed by atoms with Gasteiger partial charge in [0, 0.05) is 15.1 Å². The van der Waals surface area contributed by atoms with Gasteiger partial charge in [-0.1, -0.05) is 0 Å². The fourth-order valence-electron chi connectivity index (χ4n) is 1.50. The standard InChI is InChI=1S/C14H12BrFN2OS/c15-12-7-10(17)3-6-13(12)18-14(19)8-20-11-4-1-9(16)2-5-11/h1-7H,8,17H2,(H,18,19). The normalized spacial score (nSPS) is 10.3. The van der Waals surface area contributed by atoms with Gasteiger partial charge < -0.3 is 11.1 Å². The Labute approximate surface area is 128 Å². The van der Waals surface area contributed by atoms with Crippen LogP contribution in [-0.4, -0.2) is 11.7 Å². The highest BCUT2D eigenvalue weighted by molar-refractivity contribution is 9.10. The van der Waals surface area contributed by atoms with Crippen molar-refractivity contribution in [3.8, 4) is 0 Å². The molecule has 0 unspecified atom stereocenters. The molecule has 0 bridgehead atoms. The SMILES string of the molecule is Nc1ccc(NC(=O)CSc2ccc(F)cc2)c(Br)c1. The summed E-state index contributed by atoms with van der Waals surface area (Å²) in [7, 11) is 0. The lowest BCUT2D eigenvalue weighted by Gasteiger charge is -2.08. The first kappa shape index (κ1) is 14.9. The highest BCUT2D eigenvalue weighted by atomic mass is 79.9. The Bertz CT molecular complexity index is 619. The van der Waals surface area contributed by atoms with Crippen molar-refractivity contribution in [2.24, 2.45) is 0 Å². The summed E-state index contributed by atoms with van der Waals surface area (Å²) in [6.45, 7) is 0. The molecule has 3 nitrogen and oxygen atoms in total.